The summed E-state index contributed by atoms with van der Waals surface area (Å²) < 4.78 is 6.05. The van der Waals surface area contributed by atoms with Crippen molar-refractivity contribution >= 4 is 40.3 Å². The van der Waals surface area contributed by atoms with Gasteiger partial charge in [-0.2, -0.15) is 0 Å². The molecule has 0 radical (unpaired) electrons. The van der Waals surface area contributed by atoms with E-state index in [-0.39, 0.29) is 5.91 Å². The van der Waals surface area contributed by atoms with Crippen molar-refractivity contribution in [1.29, 1.82) is 0 Å². The molecule has 7 nitrogen and oxygen atoms in total. The van der Waals surface area contributed by atoms with Gasteiger partial charge in [-0.3, -0.25) is 9.69 Å². The molecule has 1 aromatic carbocycles. The first-order valence-corrected chi connectivity index (χ1v) is 11.9. The first-order chi connectivity index (χ1) is 14.2. The van der Waals surface area contributed by atoms with E-state index in [1.54, 1.807) is 24.0 Å². The molecule has 0 spiro atoms. The molecular weight excluding hydrogens is 426 g/mol. The van der Waals surface area contributed by atoms with E-state index in [0.717, 1.165) is 59.1 Å². The van der Waals surface area contributed by atoms with Crippen molar-refractivity contribution in [2.24, 2.45) is 0 Å². The largest absolute Gasteiger partial charge is 0.497 e. The maximum Gasteiger partial charge on any atom is 0.233 e. The Hall–Kier alpha value is -2.01. The molecule has 4 rings (SSSR count). The highest BCUT2D eigenvalue weighted by molar-refractivity contribution is 8.01. The standard InChI is InChI=1S/C19H21N5O2S3/c1-26-16-4-2-14(3-5-16)18-21-15(11-27-18)10-23-6-8-24(9-7-23)17(25)12-28-19-22-20-13-29-19/h2-5,11,13H,6-10,12H2,1H3. The maximum atomic E-state index is 12.4. The number of hydrogen-bond donors (Lipinski definition) is 0. The zero-order valence-corrected chi connectivity index (χ0v) is 18.4. The Morgan fingerprint density at radius 1 is 1.17 bits per heavy atom. The van der Waals surface area contributed by atoms with Gasteiger partial charge in [0.15, 0.2) is 4.34 Å². The molecule has 1 fully saturated rings. The third kappa shape index (κ3) is 5.33. The monoisotopic (exact) mass is 447 g/mol. The minimum atomic E-state index is 0.167. The van der Waals surface area contributed by atoms with Crippen molar-refractivity contribution in [1.82, 2.24) is 25.0 Å². The SMILES string of the molecule is COc1ccc(-c2nc(CN3CCN(C(=O)CSc4nncs4)CC3)cs2)cc1. The number of benzene rings is 1. The molecule has 152 valence electrons. The van der Waals surface area contributed by atoms with Gasteiger partial charge < -0.3 is 9.64 Å². The van der Waals surface area contributed by atoms with Gasteiger partial charge in [0.2, 0.25) is 5.91 Å². The predicted octanol–water partition coefficient (Wildman–Crippen LogP) is 3.11. The van der Waals surface area contributed by atoms with Gasteiger partial charge in [-0.15, -0.1) is 21.5 Å². The molecule has 0 atom stereocenters. The van der Waals surface area contributed by atoms with Crippen LogP contribution in [0.4, 0.5) is 0 Å². The molecule has 1 aliphatic heterocycles. The summed E-state index contributed by atoms with van der Waals surface area (Å²) in [5.74, 6) is 1.44. The number of hydrogen-bond acceptors (Lipinski definition) is 9. The molecular formula is C19H21N5O2S3. The Bertz CT molecular complexity index is 922. The van der Waals surface area contributed by atoms with Gasteiger partial charge >= 0.3 is 0 Å². The van der Waals surface area contributed by atoms with Gasteiger partial charge in [0, 0.05) is 43.7 Å². The van der Waals surface area contributed by atoms with E-state index in [9.17, 15) is 4.79 Å². The Kier molecular flexibility index (Phi) is 6.75. The summed E-state index contributed by atoms with van der Waals surface area (Å²) in [5, 5.41) is 10.9. The van der Waals surface area contributed by atoms with Crippen molar-refractivity contribution in [3.05, 3.63) is 40.8 Å². The number of amides is 1. The van der Waals surface area contributed by atoms with Crippen LogP contribution in [0.15, 0.2) is 39.5 Å². The van der Waals surface area contributed by atoms with E-state index in [4.69, 9.17) is 9.72 Å². The molecule has 2 aromatic heterocycles. The number of ether oxygens (including phenoxy) is 1. The third-order valence-electron chi connectivity index (χ3n) is 4.66. The van der Waals surface area contributed by atoms with Crippen LogP contribution in [0.1, 0.15) is 5.69 Å². The zero-order valence-electron chi connectivity index (χ0n) is 16.0. The molecule has 29 heavy (non-hydrogen) atoms. The number of thiazole rings is 1. The van der Waals surface area contributed by atoms with Crippen molar-refractivity contribution in [2.45, 2.75) is 10.9 Å². The van der Waals surface area contributed by atoms with Crippen LogP contribution in [0.2, 0.25) is 0 Å². The molecule has 3 heterocycles. The number of nitrogens with zero attached hydrogens (tertiary/aromatic N) is 5. The minimum absolute atomic E-state index is 0.167. The summed E-state index contributed by atoms with van der Waals surface area (Å²) >= 11 is 4.58. The molecule has 0 N–H and O–H groups in total. The van der Waals surface area contributed by atoms with E-state index in [1.165, 1.54) is 23.1 Å². The smallest absolute Gasteiger partial charge is 0.233 e. The first-order valence-electron chi connectivity index (χ1n) is 9.19. The predicted molar refractivity (Wildman–Crippen MR) is 117 cm³/mol. The van der Waals surface area contributed by atoms with Gasteiger partial charge in [0.05, 0.1) is 18.6 Å². The van der Waals surface area contributed by atoms with Gasteiger partial charge in [0.1, 0.15) is 16.3 Å². The number of rotatable bonds is 7. The number of thioether (sulfide) groups is 1. The van der Waals surface area contributed by atoms with E-state index in [0.29, 0.717) is 5.75 Å². The molecule has 10 heteroatoms. The summed E-state index contributed by atoms with van der Waals surface area (Å²) in [6.07, 6.45) is 0. The van der Waals surface area contributed by atoms with Crippen molar-refractivity contribution in [3.63, 3.8) is 0 Å². The number of methoxy groups -OCH3 is 1. The second kappa shape index (κ2) is 9.66. The third-order valence-corrected chi connectivity index (χ3v) is 7.44. The molecule has 1 aliphatic rings. The van der Waals surface area contributed by atoms with Crippen LogP contribution >= 0.6 is 34.4 Å². The number of aromatic nitrogens is 3. The molecule has 0 saturated carbocycles. The first kappa shape index (κ1) is 20.3. The minimum Gasteiger partial charge on any atom is -0.497 e. The van der Waals surface area contributed by atoms with Crippen LogP contribution in [0.3, 0.4) is 0 Å². The Morgan fingerprint density at radius 3 is 2.66 bits per heavy atom. The maximum absolute atomic E-state index is 12.4. The zero-order chi connectivity index (χ0) is 20.1. The summed E-state index contributed by atoms with van der Waals surface area (Å²) in [7, 11) is 1.67. The average molecular weight is 448 g/mol. The van der Waals surface area contributed by atoms with Gasteiger partial charge in [0.25, 0.3) is 0 Å². The van der Waals surface area contributed by atoms with E-state index in [2.05, 4.69) is 20.5 Å². The fourth-order valence-corrected chi connectivity index (χ4v) is 5.28. The van der Waals surface area contributed by atoms with Crippen molar-refractivity contribution in [2.75, 3.05) is 39.0 Å². The van der Waals surface area contributed by atoms with Gasteiger partial charge in [-0.05, 0) is 24.3 Å². The summed E-state index contributed by atoms with van der Waals surface area (Å²) in [6, 6.07) is 7.98. The molecule has 3 aromatic rings. The number of piperazine rings is 1. The van der Waals surface area contributed by atoms with E-state index < -0.39 is 0 Å². The lowest BCUT2D eigenvalue weighted by atomic mass is 10.2. The lowest BCUT2D eigenvalue weighted by Crippen LogP contribution is -2.48. The van der Waals surface area contributed by atoms with Crippen LogP contribution in [-0.4, -0.2) is 69.9 Å². The van der Waals surface area contributed by atoms with E-state index >= 15 is 0 Å². The highest BCUT2D eigenvalue weighted by Gasteiger charge is 2.22. The lowest BCUT2D eigenvalue weighted by Gasteiger charge is -2.34. The highest BCUT2D eigenvalue weighted by atomic mass is 32.2. The average Bonchev–Trinajstić information content (AvgIpc) is 3.45. The van der Waals surface area contributed by atoms with Crippen LogP contribution in [-0.2, 0) is 11.3 Å². The molecule has 0 unspecified atom stereocenters. The van der Waals surface area contributed by atoms with Crippen LogP contribution in [0.25, 0.3) is 10.6 Å². The van der Waals surface area contributed by atoms with Gasteiger partial charge in [-0.1, -0.05) is 23.1 Å². The molecule has 1 amide bonds. The second-order valence-corrected chi connectivity index (χ2v) is 9.44. The molecule has 1 saturated heterocycles. The number of carbonyl (C=O) groups is 1. The molecule has 0 bridgehead atoms. The Labute approximate surface area is 181 Å². The second-order valence-electron chi connectivity index (χ2n) is 6.52. The summed E-state index contributed by atoms with van der Waals surface area (Å²) in [5.41, 5.74) is 3.86. The summed E-state index contributed by atoms with van der Waals surface area (Å²) in [6.45, 7) is 4.05. The van der Waals surface area contributed by atoms with Crippen LogP contribution in [0, 0.1) is 0 Å². The van der Waals surface area contributed by atoms with Crippen molar-refractivity contribution < 1.29 is 9.53 Å². The Morgan fingerprint density at radius 2 is 1.97 bits per heavy atom. The van der Waals surface area contributed by atoms with Crippen molar-refractivity contribution in [3.8, 4) is 16.3 Å². The fraction of sp³-hybridized carbons (Fsp3) is 0.368. The van der Waals surface area contributed by atoms with E-state index in [1.807, 2.05) is 29.2 Å². The lowest BCUT2D eigenvalue weighted by molar-refractivity contribution is -0.130. The summed E-state index contributed by atoms with van der Waals surface area (Å²) in [4.78, 5) is 21.5. The Balaban J connectivity index is 1.25. The highest BCUT2D eigenvalue weighted by Crippen LogP contribution is 2.26. The quantitative estimate of drug-likeness (QED) is 0.515. The van der Waals surface area contributed by atoms with Crippen LogP contribution in [0.5, 0.6) is 5.75 Å². The fourth-order valence-electron chi connectivity index (χ4n) is 3.07. The topological polar surface area (TPSA) is 71.5 Å². The normalized spacial score (nSPS) is 14.9. The van der Waals surface area contributed by atoms with Gasteiger partial charge in [-0.25, -0.2) is 4.98 Å². The molecule has 0 aliphatic carbocycles. The van der Waals surface area contributed by atoms with Crippen LogP contribution < -0.4 is 4.74 Å². The number of carbonyl (C=O) groups excluding carboxylic acids is 1.